The topological polar surface area (TPSA) is 47.0 Å². The van der Waals surface area contributed by atoms with Crippen molar-refractivity contribution >= 4 is 31.4 Å². The van der Waals surface area contributed by atoms with Crippen molar-refractivity contribution in [1.82, 2.24) is 4.98 Å². The minimum absolute atomic E-state index is 0.0219. The maximum absolute atomic E-state index is 12.6. The molecule has 1 aromatic heterocycles. The molecule has 2 aromatic rings. The second-order valence-electron chi connectivity index (χ2n) is 7.99. The first-order valence-electron chi connectivity index (χ1n) is 9.29. The maximum atomic E-state index is 12.6. The lowest BCUT2D eigenvalue weighted by atomic mass is 9.68. The molecule has 1 aromatic carbocycles. The standard InChI is InChI=1S/C22H27NO2S2/c1-16(11-12-18-17(2)8-7-14-22(18,3)4)13-15-27(24,25)21-23-19-9-5-6-10-20(19)26-21/h5-6,8-13,18H,7,14-15H2,1-4H3. The Hall–Kier alpha value is -1.72. The van der Waals surface area contributed by atoms with Gasteiger partial charge >= 0.3 is 0 Å². The van der Waals surface area contributed by atoms with Crippen LogP contribution >= 0.6 is 11.3 Å². The van der Waals surface area contributed by atoms with Gasteiger partial charge in [0.05, 0.1) is 16.0 Å². The van der Waals surface area contributed by atoms with Crippen molar-refractivity contribution in [3.05, 3.63) is 59.7 Å². The van der Waals surface area contributed by atoms with E-state index >= 15 is 0 Å². The van der Waals surface area contributed by atoms with E-state index in [1.807, 2.05) is 31.2 Å². The van der Waals surface area contributed by atoms with Crippen LogP contribution in [-0.2, 0) is 9.84 Å². The first kappa shape index (κ1) is 20.0. The zero-order valence-electron chi connectivity index (χ0n) is 16.4. The molecule has 0 aliphatic heterocycles. The molecular weight excluding hydrogens is 374 g/mol. The molecule has 0 radical (unpaired) electrons. The predicted molar refractivity (Wildman–Crippen MR) is 115 cm³/mol. The van der Waals surface area contributed by atoms with E-state index in [4.69, 9.17) is 0 Å². The highest BCUT2D eigenvalue weighted by Gasteiger charge is 2.30. The van der Waals surface area contributed by atoms with Crippen LogP contribution in [0.4, 0.5) is 0 Å². The van der Waals surface area contributed by atoms with E-state index in [0.717, 1.165) is 22.2 Å². The highest BCUT2D eigenvalue weighted by atomic mass is 32.2. The van der Waals surface area contributed by atoms with Gasteiger partial charge in [-0.15, -0.1) is 11.3 Å². The number of para-hydroxylation sites is 1. The Morgan fingerprint density at radius 3 is 2.78 bits per heavy atom. The molecule has 0 amide bonds. The number of nitrogens with zero attached hydrogens (tertiary/aromatic N) is 1. The van der Waals surface area contributed by atoms with E-state index in [2.05, 4.69) is 44.0 Å². The minimum atomic E-state index is -3.41. The van der Waals surface area contributed by atoms with Crippen LogP contribution in [0.2, 0.25) is 0 Å². The molecule has 3 nitrogen and oxygen atoms in total. The molecule has 0 saturated heterocycles. The quantitative estimate of drug-likeness (QED) is 0.459. The molecule has 0 N–H and O–H groups in total. The number of rotatable bonds is 5. The number of fused-ring (bicyclic) bond motifs is 1. The van der Waals surface area contributed by atoms with Crippen LogP contribution in [-0.4, -0.2) is 19.2 Å². The van der Waals surface area contributed by atoms with Crippen LogP contribution in [0.3, 0.4) is 0 Å². The summed E-state index contributed by atoms with van der Waals surface area (Å²) in [7, 11) is -3.41. The van der Waals surface area contributed by atoms with Crippen molar-refractivity contribution in [2.24, 2.45) is 11.3 Å². The number of allylic oxidation sites excluding steroid dienone is 5. The Labute approximate surface area is 166 Å². The zero-order chi connectivity index (χ0) is 19.7. The fourth-order valence-electron chi connectivity index (χ4n) is 3.60. The summed E-state index contributed by atoms with van der Waals surface area (Å²) in [6, 6.07) is 7.51. The fraction of sp³-hybridized carbons (Fsp3) is 0.409. The van der Waals surface area contributed by atoms with Crippen LogP contribution in [0, 0.1) is 11.3 Å². The van der Waals surface area contributed by atoms with E-state index in [1.54, 1.807) is 6.08 Å². The SMILES string of the molecule is CC(C=CC1C(C)=CCCC1(C)C)=CCS(=O)(=O)c1nc2ccccc2s1. The van der Waals surface area contributed by atoms with Gasteiger partial charge in [-0.2, -0.15) is 0 Å². The molecule has 0 spiro atoms. The van der Waals surface area contributed by atoms with E-state index in [9.17, 15) is 8.42 Å². The van der Waals surface area contributed by atoms with Gasteiger partial charge in [0.25, 0.3) is 0 Å². The van der Waals surface area contributed by atoms with Crippen LogP contribution in [0.5, 0.6) is 0 Å². The number of hydrogen-bond acceptors (Lipinski definition) is 4. The first-order valence-corrected chi connectivity index (χ1v) is 11.8. The van der Waals surface area contributed by atoms with Gasteiger partial charge in [0, 0.05) is 5.92 Å². The average Bonchev–Trinajstić information content (AvgIpc) is 3.04. The largest absolute Gasteiger partial charge is 0.225 e. The third-order valence-electron chi connectivity index (χ3n) is 5.30. The van der Waals surface area contributed by atoms with Gasteiger partial charge < -0.3 is 0 Å². The van der Waals surface area contributed by atoms with Gasteiger partial charge in [-0.25, -0.2) is 13.4 Å². The van der Waals surface area contributed by atoms with Crippen LogP contribution in [0.1, 0.15) is 40.5 Å². The molecule has 1 aliphatic carbocycles. The number of benzene rings is 1. The molecule has 1 heterocycles. The minimum Gasteiger partial charge on any atom is -0.225 e. The third kappa shape index (κ3) is 4.58. The molecule has 0 saturated carbocycles. The molecule has 5 heteroatoms. The predicted octanol–water partition coefficient (Wildman–Crippen LogP) is 5.96. The van der Waals surface area contributed by atoms with E-state index in [1.165, 1.54) is 23.3 Å². The van der Waals surface area contributed by atoms with E-state index < -0.39 is 9.84 Å². The number of hydrogen-bond donors (Lipinski definition) is 0. The summed E-state index contributed by atoms with van der Waals surface area (Å²) < 4.78 is 26.4. The Kier molecular flexibility index (Phi) is 5.73. The van der Waals surface area contributed by atoms with E-state index in [-0.39, 0.29) is 15.5 Å². The molecule has 0 fully saturated rings. The van der Waals surface area contributed by atoms with Crippen molar-refractivity contribution in [1.29, 1.82) is 0 Å². The van der Waals surface area contributed by atoms with Gasteiger partial charge in [-0.1, -0.05) is 61.4 Å². The second-order valence-corrected chi connectivity index (χ2v) is 11.2. The van der Waals surface area contributed by atoms with E-state index in [0.29, 0.717) is 5.92 Å². The number of aromatic nitrogens is 1. The Morgan fingerprint density at radius 1 is 1.33 bits per heavy atom. The summed E-state index contributed by atoms with van der Waals surface area (Å²) in [6.45, 7) is 8.75. The lowest BCUT2D eigenvalue weighted by Gasteiger charge is -2.36. The normalized spacial score (nSPS) is 21.0. The Morgan fingerprint density at radius 2 is 2.07 bits per heavy atom. The highest BCUT2D eigenvalue weighted by molar-refractivity contribution is 7.93. The van der Waals surface area contributed by atoms with Crippen molar-refractivity contribution in [2.45, 2.75) is 44.9 Å². The van der Waals surface area contributed by atoms with Crippen molar-refractivity contribution < 1.29 is 8.42 Å². The lowest BCUT2D eigenvalue weighted by Crippen LogP contribution is -2.26. The molecule has 1 unspecified atom stereocenters. The van der Waals surface area contributed by atoms with Gasteiger partial charge in [0.15, 0.2) is 0 Å². The summed E-state index contributed by atoms with van der Waals surface area (Å²) >= 11 is 1.24. The smallest absolute Gasteiger partial charge is 0.210 e. The van der Waals surface area contributed by atoms with Gasteiger partial charge in [0.1, 0.15) is 0 Å². The number of sulfone groups is 1. The molecule has 1 atom stereocenters. The summed E-state index contributed by atoms with van der Waals surface area (Å²) in [4.78, 5) is 4.29. The van der Waals surface area contributed by atoms with Crippen molar-refractivity contribution in [2.75, 3.05) is 5.75 Å². The zero-order valence-corrected chi connectivity index (χ0v) is 18.0. The number of thiazole rings is 1. The average molecular weight is 402 g/mol. The summed E-state index contributed by atoms with van der Waals surface area (Å²) in [5.74, 6) is 0.377. The Balaban J connectivity index is 1.74. The molecule has 0 bridgehead atoms. The first-order chi connectivity index (χ1) is 12.7. The fourth-order valence-corrected chi connectivity index (χ4v) is 6.14. The monoisotopic (exact) mass is 401 g/mol. The van der Waals surface area contributed by atoms with Gasteiger partial charge in [-0.05, 0) is 44.2 Å². The third-order valence-corrected chi connectivity index (χ3v) is 8.38. The van der Waals surface area contributed by atoms with Crippen molar-refractivity contribution in [3.8, 4) is 0 Å². The van der Waals surface area contributed by atoms with Gasteiger partial charge in [0.2, 0.25) is 14.2 Å². The van der Waals surface area contributed by atoms with Crippen LogP contribution < -0.4 is 0 Å². The molecular formula is C22H27NO2S2. The molecule has 27 heavy (non-hydrogen) atoms. The van der Waals surface area contributed by atoms with Crippen LogP contribution in [0.15, 0.2) is 64.1 Å². The molecule has 1 aliphatic rings. The maximum Gasteiger partial charge on any atom is 0.210 e. The van der Waals surface area contributed by atoms with Crippen LogP contribution in [0.25, 0.3) is 10.2 Å². The second kappa shape index (κ2) is 7.72. The molecule has 144 valence electrons. The lowest BCUT2D eigenvalue weighted by molar-refractivity contribution is 0.255. The molecule has 3 rings (SSSR count). The Bertz CT molecular complexity index is 991. The summed E-state index contributed by atoms with van der Waals surface area (Å²) in [6.07, 6.45) is 10.7. The van der Waals surface area contributed by atoms with Crippen molar-refractivity contribution in [3.63, 3.8) is 0 Å². The summed E-state index contributed by atoms with van der Waals surface area (Å²) in [5, 5.41) is 0. The summed E-state index contributed by atoms with van der Waals surface area (Å²) in [5.41, 5.74) is 3.34. The highest BCUT2D eigenvalue weighted by Crippen LogP contribution is 2.41. The van der Waals surface area contributed by atoms with Gasteiger partial charge in [-0.3, -0.25) is 0 Å².